The van der Waals surface area contributed by atoms with E-state index >= 15 is 0 Å². The van der Waals surface area contributed by atoms with Crippen LogP contribution in [0.5, 0.6) is 11.5 Å². The lowest BCUT2D eigenvalue weighted by Gasteiger charge is -2.09. The van der Waals surface area contributed by atoms with E-state index in [-0.39, 0.29) is 12.5 Å². The average Bonchev–Trinajstić information content (AvgIpc) is 3.37. The monoisotopic (exact) mass is 516 g/mol. The van der Waals surface area contributed by atoms with E-state index in [0.29, 0.717) is 22.1 Å². The van der Waals surface area contributed by atoms with Gasteiger partial charge in [0.1, 0.15) is 6.61 Å². The third kappa shape index (κ3) is 6.42. The number of hydrogen-bond acceptors (Lipinski definition) is 7. The molecule has 0 aliphatic rings. The van der Waals surface area contributed by atoms with E-state index in [2.05, 4.69) is 26.7 Å². The Balaban J connectivity index is 1.35. The van der Waals surface area contributed by atoms with E-state index < -0.39 is 0 Å². The van der Waals surface area contributed by atoms with E-state index in [4.69, 9.17) is 27.5 Å². The van der Waals surface area contributed by atoms with Gasteiger partial charge in [0.2, 0.25) is 0 Å². The maximum Gasteiger partial charge on any atom is 0.271 e. The number of hydrogen-bond donors (Lipinski definition) is 2. The third-order valence-electron chi connectivity index (χ3n) is 4.92. The van der Waals surface area contributed by atoms with Gasteiger partial charge < -0.3 is 14.8 Å². The maximum absolute atomic E-state index is 12.5. The summed E-state index contributed by atoms with van der Waals surface area (Å²) in [4.78, 5) is 17.1. The molecular weight excluding hydrogens is 496 g/mol. The van der Waals surface area contributed by atoms with Crippen molar-refractivity contribution in [3.8, 4) is 35.1 Å². The van der Waals surface area contributed by atoms with Crippen LogP contribution in [-0.4, -0.2) is 30.8 Å². The molecule has 0 aliphatic heterocycles. The number of carbonyl (C=O) groups excluding carboxylic acids is 1. The molecule has 4 aromatic rings. The Bertz CT molecular complexity index is 1410. The van der Waals surface area contributed by atoms with Crippen molar-refractivity contribution in [3.63, 3.8) is 0 Å². The van der Waals surface area contributed by atoms with Crippen LogP contribution in [0.3, 0.4) is 0 Å². The zero-order valence-corrected chi connectivity index (χ0v) is 20.8. The number of rotatable bonds is 9. The van der Waals surface area contributed by atoms with Gasteiger partial charge in [0.15, 0.2) is 16.6 Å². The first-order valence-electron chi connectivity index (χ1n) is 10.7. The molecule has 0 atom stereocenters. The number of methoxy groups -OCH3 is 1. The Morgan fingerprint density at radius 3 is 2.64 bits per heavy atom. The van der Waals surface area contributed by atoms with E-state index in [1.54, 1.807) is 30.3 Å². The number of nitrogens with one attached hydrogen (secondary N) is 2. The highest BCUT2D eigenvalue weighted by atomic mass is 35.5. The normalized spacial score (nSPS) is 10.6. The highest BCUT2D eigenvalue weighted by molar-refractivity contribution is 7.14. The fourth-order valence-electron chi connectivity index (χ4n) is 3.15. The standard InChI is InChI=1S/C27H21ClN4O3S/c1-3-14-35-24-13-4-18(15-25(24)34-2)16-29-32-26(33)20-7-5-19(6-8-20)23-17-36-27(31-23)30-22-11-9-21(28)10-12-22/h1,4-13,15-17H,14H2,2H3,(H,30,31)(H,32,33)/b29-16+. The molecule has 180 valence electrons. The minimum Gasteiger partial charge on any atom is -0.493 e. The number of halogens is 1. The Morgan fingerprint density at radius 2 is 1.92 bits per heavy atom. The minimum absolute atomic E-state index is 0.141. The van der Waals surface area contributed by atoms with Gasteiger partial charge >= 0.3 is 0 Å². The molecule has 2 N–H and O–H groups in total. The summed E-state index contributed by atoms with van der Waals surface area (Å²) in [5.74, 6) is 3.13. The van der Waals surface area contributed by atoms with Crippen LogP contribution in [0, 0.1) is 12.3 Å². The smallest absolute Gasteiger partial charge is 0.271 e. The highest BCUT2D eigenvalue weighted by Gasteiger charge is 2.09. The first kappa shape index (κ1) is 24.8. The fraction of sp³-hybridized carbons (Fsp3) is 0.0741. The van der Waals surface area contributed by atoms with E-state index in [9.17, 15) is 4.79 Å². The molecule has 1 amide bonds. The molecular formula is C27H21ClN4O3S. The lowest BCUT2D eigenvalue weighted by molar-refractivity contribution is 0.0955. The second-order valence-corrected chi connectivity index (χ2v) is 8.64. The number of aromatic nitrogens is 1. The van der Waals surface area contributed by atoms with Gasteiger partial charge in [-0.1, -0.05) is 29.7 Å². The molecule has 0 fully saturated rings. The molecule has 36 heavy (non-hydrogen) atoms. The lowest BCUT2D eigenvalue weighted by atomic mass is 10.1. The SMILES string of the molecule is C#CCOc1ccc(/C=N/NC(=O)c2ccc(-c3csc(Nc4ccc(Cl)cc4)n3)cc2)cc1OC. The zero-order chi connectivity index (χ0) is 25.3. The average molecular weight is 517 g/mol. The summed E-state index contributed by atoms with van der Waals surface area (Å²) in [6, 6.07) is 19.8. The van der Waals surface area contributed by atoms with Crippen molar-refractivity contribution in [1.82, 2.24) is 10.4 Å². The summed E-state index contributed by atoms with van der Waals surface area (Å²) in [6.07, 6.45) is 6.74. The summed E-state index contributed by atoms with van der Waals surface area (Å²) in [6.45, 7) is 0.141. The molecule has 0 saturated carbocycles. The van der Waals surface area contributed by atoms with Gasteiger partial charge in [-0.25, -0.2) is 10.4 Å². The molecule has 0 spiro atoms. The minimum atomic E-state index is -0.331. The van der Waals surface area contributed by atoms with Gasteiger partial charge in [-0.3, -0.25) is 4.79 Å². The molecule has 1 aromatic heterocycles. The quantitative estimate of drug-likeness (QED) is 0.162. The Kier molecular flexibility index (Phi) is 8.19. The Labute approximate surface area is 217 Å². The fourth-order valence-corrected chi connectivity index (χ4v) is 4.01. The van der Waals surface area contributed by atoms with Crippen LogP contribution in [0.15, 0.2) is 77.2 Å². The molecule has 1 heterocycles. The second kappa shape index (κ2) is 11.9. The molecule has 3 aromatic carbocycles. The van der Waals surface area contributed by atoms with Gasteiger partial charge in [0, 0.05) is 27.2 Å². The van der Waals surface area contributed by atoms with Crippen molar-refractivity contribution in [1.29, 1.82) is 0 Å². The second-order valence-electron chi connectivity index (χ2n) is 7.35. The molecule has 7 nitrogen and oxygen atoms in total. The Morgan fingerprint density at radius 1 is 1.14 bits per heavy atom. The van der Waals surface area contributed by atoms with Gasteiger partial charge in [-0.05, 0) is 60.2 Å². The summed E-state index contributed by atoms with van der Waals surface area (Å²) >= 11 is 7.42. The number of amides is 1. The first-order chi connectivity index (χ1) is 17.6. The van der Waals surface area contributed by atoms with Crippen LogP contribution in [0.25, 0.3) is 11.3 Å². The van der Waals surface area contributed by atoms with Crippen molar-refractivity contribution in [2.24, 2.45) is 5.10 Å². The van der Waals surface area contributed by atoms with Crippen LogP contribution in [0.2, 0.25) is 5.02 Å². The number of terminal acetylenes is 1. The van der Waals surface area contributed by atoms with Crippen LogP contribution in [0.1, 0.15) is 15.9 Å². The number of nitrogens with zero attached hydrogens (tertiary/aromatic N) is 2. The summed E-state index contributed by atoms with van der Waals surface area (Å²) in [5, 5.41) is 10.7. The van der Waals surface area contributed by atoms with E-state index in [1.807, 2.05) is 41.8 Å². The van der Waals surface area contributed by atoms with E-state index in [0.717, 1.165) is 27.6 Å². The highest BCUT2D eigenvalue weighted by Crippen LogP contribution is 2.28. The number of benzene rings is 3. The molecule has 9 heteroatoms. The zero-order valence-electron chi connectivity index (χ0n) is 19.2. The summed E-state index contributed by atoms with van der Waals surface area (Å²) in [5.41, 5.74) is 6.34. The maximum atomic E-state index is 12.5. The molecule has 0 aliphatic carbocycles. The number of anilines is 2. The van der Waals surface area contributed by atoms with Gasteiger partial charge in [-0.2, -0.15) is 5.10 Å². The molecule has 0 saturated heterocycles. The van der Waals surface area contributed by atoms with Crippen LogP contribution < -0.4 is 20.2 Å². The summed E-state index contributed by atoms with van der Waals surface area (Å²) < 4.78 is 10.7. The predicted molar refractivity (Wildman–Crippen MR) is 145 cm³/mol. The predicted octanol–water partition coefficient (Wildman–Crippen LogP) is 5.99. The number of ether oxygens (including phenoxy) is 2. The summed E-state index contributed by atoms with van der Waals surface area (Å²) in [7, 11) is 1.53. The molecule has 0 radical (unpaired) electrons. The van der Waals surface area contributed by atoms with E-state index in [1.165, 1.54) is 24.7 Å². The lowest BCUT2D eigenvalue weighted by Crippen LogP contribution is -2.17. The van der Waals surface area contributed by atoms with Crippen LogP contribution in [0.4, 0.5) is 10.8 Å². The molecule has 0 unspecified atom stereocenters. The topological polar surface area (TPSA) is 84.8 Å². The third-order valence-corrected chi connectivity index (χ3v) is 5.93. The van der Waals surface area contributed by atoms with Crippen LogP contribution >= 0.6 is 22.9 Å². The van der Waals surface area contributed by atoms with Gasteiger partial charge in [0.25, 0.3) is 5.91 Å². The van der Waals surface area contributed by atoms with Crippen molar-refractivity contribution in [2.75, 3.05) is 19.0 Å². The van der Waals surface area contributed by atoms with Crippen molar-refractivity contribution in [3.05, 3.63) is 88.3 Å². The van der Waals surface area contributed by atoms with Crippen molar-refractivity contribution < 1.29 is 14.3 Å². The van der Waals surface area contributed by atoms with Gasteiger partial charge in [-0.15, -0.1) is 17.8 Å². The number of hydrazone groups is 1. The Hall–Kier alpha value is -4.32. The van der Waals surface area contributed by atoms with Gasteiger partial charge in [0.05, 0.1) is 19.0 Å². The number of thiazole rings is 1. The first-order valence-corrected chi connectivity index (χ1v) is 12.0. The molecule has 0 bridgehead atoms. The molecule has 4 rings (SSSR count). The van der Waals surface area contributed by atoms with Crippen molar-refractivity contribution >= 4 is 45.9 Å². The van der Waals surface area contributed by atoms with Crippen LogP contribution in [-0.2, 0) is 0 Å². The number of carbonyl (C=O) groups is 1. The van der Waals surface area contributed by atoms with Crippen molar-refractivity contribution in [2.45, 2.75) is 0 Å². The largest absolute Gasteiger partial charge is 0.493 e.